The van der Waals surface area contributed by atoms with Crippen molar-refractivity contribution < 1.29 is 14.4 Å². The van der Waals surface area contributed by atoms with Crippen molar-refractivity contribution in [2.45, 2.75) is 38.9 Å². The summed E-state index contributed by atoms with van der Waals surface area (Å²) in [5, 5.41) is 10.2. The normalized spacial score (nSPS) is 20.9. The lowest BCUT2D eigenvalue weighted by atomic mass is 9.77. The van der Waals surface area contributed by atoms with Gasteiger partial charge in [-0.25, -0.2) is 0 Å². The average Bonchev–Trinajstić information content (AvgIpc) is 2.54. The smallest absolute Gasteiger partial charge is 0.400 e. The highest BCUT2D eigenvalue weighted by Gasteiger charge is 2.52. The van der Waals surface area contributed by atoms with Crippen LogP contribution in [0.4, 0.5) is 5.69 Å². The molecule has 0 unspecified atom stereocenters. The van der Waals surface area contributed by atoms with Gasteiger partial charge in [0.2, 0.25) is 0 Å². The predicted molar refractivity (Wildman–Crippen MR) is 87.0 cm³/mol. The van der Waals surface area contributed by atoms with Crippen molar-refractivity contribution in [1.29, 1.82) is 0 Å². The fourth-order valence-corrected chi connectivity index (χ4v) is 2.37. The maximum absolute atomic E-state index is 9.63. The summed E-state index contributed by atoms with van der Waals surface area (Å²) < 4.78 is 11.9. The lowest BCUT2D eigenvalue weighted by Gasteiger charge is -2.32. The molecule has 0 amide bonds. The minimum Gasteiger partial charge on any atom is -0.400 e. The summed E-state index contributed by atoms with van der Waals surface area (Å²) in [6.07, 6.45) is 1.80. The first-order valence-corrected chi connectivity index (χ1v) is 7.25. The van der Waals surface area contributed by atoms with Crippen LogP contribution in [0.3, 0.4) is 0 Å². The molecule has 1 aliphatic heterocycles. The summed E-state index contributed by atoms with van der Waals surface area (Å²) in [6, 6.07) is 5.23. The number of aliphatic hydroxyl groups excluding tert-OH is 1. The molecule has 0 spiro atoms. The van der Waals surface area contributed by atoms with Crippen LogP contribution in [0.15, 0.2) is 23.7 Å². The molecule has 1 aromatic rings. The number of nitrogens with two attached hydrogens (primary N) is 1. The molecule has 0 aliphatic carbocycles. The zero-order valence-corrected chi connectivity index (χ0v) is 13.6. The predicted octanol–water partition coefficient (Wildman–Crippen LogP) is 2.93. The van der Waals surface area contributed by atoms with E-state index in [9.17, 15) is 5.11 Å². The lowest BCUT2D eigenvalue weighted by Crippen LogP contribution is -2.41. The van der Waals surface area contributed by atoms with Crippen LogP contribution in [0.5, 0.6) is 0 Å². The summed E-state index contributed by atoms with van der Waals surface area (Å²) in [6.45, 7) is 7.72. The number of nitrogen functional groups attached to an aromatic ring is 1. The minimum atomic E-state index is -0.583. The van der Waals surface area contributed by atoms with Crippen LogP contribution in [0.2, 0.25) is 5.02 Å². The zero-order valence-electron chi connectivity index (χ0n) is 12.8. The Bertz CT molecular complexity index is 536. The molecular weight excluding hydrogens is 288 g/mol. The first kappa shape index (κ1) is 16.4. The zero-order chi connectivity index (χ0) is 15.8. The standard InChI is InChI=1S/C15H21BClNO3/c1-14(2)15(3,4)21-16(20-14)11(9-19)5-10-6-12(17)8-13(18)7-10/h5-8,19H,9,18H2,1-4H3. The van der Waals surface area contributed by atoms with Gasteiger partial charge in [0.15, 0.2) is 0 Å². The molecule has 2 rings (SSSR count). The third kappa shape index (κ3) is 3.43. The molecule has 0 aromatic heterocycles. The Morgan fingerprint density at radius 1 is 1.24 bits per heavy atom. The van der Waals surface area contributed by atoms with Gasteiger partial charge in [0.05, 0.1) is 17.8 Å². The second kappa shape index (κ2) is 5.65. The van der Waals surface area contributed by atoms with Gasteiger partial charge in [0.1, 0.15) is 0 Å². The average molecular weight is 310 g/mol. The van der Waals surface area contributed by atoms with Crippen LogP contribution in [0, 0.1) is 0 Å². The Labute approximate surface area is 131 Å². The van der Waals surface area contributed by atoms with E-state index in [0.717, 1.165) is 5.56 Å². The lowest BCUT2D eigenvalue weighted by molar-refractivity contribution is 0.00578. The van der Waals surface area contributed by atoms with Crippen molar-refractivity contribution in [1.82, 2.24) is 0 Å². The number of halogens is 1. The number of anilines is 1. The van der Waals surface area contributed by atoms with Gasteiger partial charge in [-0.05, 0) is 56.9 Å². The van der Waals surface area contributed by atoms with Crippen LogP contribution in [-0.2, 0) is 9.31 Å². The van der Waals surface area contributed by atoms with Crippen LogP contribution >= 0.6 is 11.6 Å². The summed E-state index contributed by atoms with van der Waals surface area (Å²) in [4.78, 5) is 0. The van der Waals surface area contributed by atoms with Gasteiger partial charge < -0.3 is 20.1 Å². The molecule has 0 atom stereocenters. The largest absolute Gasteiger partial charge is 0.492 e. The summed E-state index contributed by atoms with van der Waals surface area (Å²) >= 11 is 5.99. The third-order valence-corrected chi connectivity index (χ3v) is 4.25. The SMILES string of the molecule is CC1(C)OB(C(=Cc2cc(N)cc(Cl)c2)CO)OC1(C)C. The van der Waals surface area contributed by atoms with E-state index in [2.05, 4.69) is 0 Å². The quantitative estimate of drug-likeness (QED) is 0.665. The molecular formula is C15H21BClNO3. The molecule has 21 heavy (non-hydrogen) atoms. The molecule has 3 N–H and O–H groups in total. The third-order valence-electron chi connectivity index (χ3n) is 4.03. The second-order valence-electron chi connectivity index (χ2n) is 6.28. The summed E-state index contributed by atoms with van der Waals surface area (Å²) in [5.74, 6) is 0. The molecule has 1 saturated heterocycles. The Kier molecular flexibility index (Phi) is 4.40. The van der Waals surface area contributed by atoms with Gasteiger partial charge in [-0.2, -0.15) is 0 Å². The Balaban J connectivity index is 2.30. The maximum atomic E-state index is 9.63. The van der Waals surface area contributed by atoms with Crippen molar-refractivity contribution in [3.8, 4) is 0 Å². The molecule has 1 fully saturated rings. The van der Waals surface area contributed by atoms with Crippen LogP contribution < -0.4 is 5.73 Å². The number of hydrogen-bond acceptors (Lipinski definition) is 4. The van der Waals surface area contributed by atoms with E-state index in [1.54, 1.807) is 24.3 Å². The fourth-order valence-electron chi connectivity index (χ4n) is 2.12. The summed E-state index contributed by atoms with van der Waals surface area (Å²) in [7, 11) is -0.583. The van der Waals surface area contributed by atoms with Crippen LogP contribution in [0.25, 0.3) is 6.08 Å². The van der Waals surface area contributed by atoms with Crippen molar-refractivity contribution in [3.05, 3.63) is 34.3 Å². The fraction of sp³-hybridized carbons (Fsp3) is 0.467. The molecule has 6 heteroatoms. The van der Waals surface area contributed by atoms with Crippen LogP contribution in [-0.4, -0.2) is 30.0 Å². The van der Waals surface area contributed by atoms with Gasteiger partial charge in [0.25, 0.3) is 0 Å². The van der Waals surface area contributed by atoms with Gasteiger partial charge in [-0.1, -0.05) is 17.7 Å². The second-order valence-corrected chi connectivity index (χ2v) is 6.72. The molecule has 0 radical (unpaired) electrons. The van der Waals surface area contributed by atoms with Gasteiger partial charge in [-0.15, -0.1) is 0 Å². The van der Waals surface area contributed by atoms with Gasteiger partial charge in [0, 0.05) is 10.7 Å². The Morgan fingerprint density at radius 3 is 2.29 bits per heavy atom. The topological polar surface area (TPSA) is 64.7 Å². The van der Waals surface area contributed by atoms with Gasteiger partial charge in [-0.3, -0.25) is 0 Å². The van der Waals surface area contributed by atoms with Gasteiger partial charge >= 0.3 is 7.12 Å². The first-order valence-electron chi connectivity index (χ1n) is 6.88. The Hall–Kier alpha value is -1.01. The van der Waals surface area contributed by atoms with Crippen molar-refractivity contribution >= 4 is 30.5 Å². The highest BCUT2D eigenvalue weighted by Crippen LogP contribution is 2.38. The highest BCUT2D eigenvalue weighted by atomic mass is 35.5. The number of rotatable bonds is 3. The van der Waals surface area contributed by atoms with E-state index in [4.69, 9.17) is 26.6 Å². The van der Waals surface area contributed by atoms with Crippen molar-refractivity contribution in [2.75, 3.05) is 12.3 Å². The Morgan fingerprint density at radius 2 is 1.81 bits per heavy atom. The molecule has 0 saturated carbocycles. The van der Waals surface area contributed by atoms with E-state index >= 15 is 0 Å². The molecule has 114 valence electrons. The first-order chi connectivity index (χ1) is 9.64. The number of aliphatic hydroxyl groups is 1. The minimum absolute atomic E-state index is 0.163. The van der Waals surface area contributed by atoms with Crippen molar-refractivity contribution in [3.63, 3.8) is 0 Å². The number of benzene rings is 1. The van der Waals surface area contributed by atoms with E-state index in [1.807, 2.05) is 27.7 Å². The molecule has 4 nitrogen and oxygen atoms in total. The molecule has 1 heterocycles. The maximum Gasteiger partial charge on any atom is 0.492 e. The van der Waals surface area contributed by atoms with E-state index in [1.165, 1.54) is 0 Å². The van der Waals surface area contributed by atoms with E-state index in [0.29, 0.717) is 16.2 Å². The summed E-state index contributed by atoms with van der Waals surface area (Å²) in [5.41, 5.74) is 6.90. The molecule has 1 aromatic carbocycles. The highest BCUT2D eigenvalue weighted by molar-refractivity contribution is 6.55. The number of hydrogen-bond donors (Lipinski definition) is 2. The monoisotopic (exact) mass is 309 g/mol. The van der Waals surface area contributed by atoms with E-state index in [-0.39, 0.29) is 6.61 Å². The van der Waals surface area contributed by atoms with Crippen LogP contribution in [0.1, 0.15) is 33.3 Å². The molecule has 1 aliphatic rings. The molecule has 0 bridgehead atoms. The van der Waals surface area contributed by atoms with Crippen molar-refractivity contribution in [2.24, 2.45) is 0 Å². The van der Waals surface area contributed by atoms with E-state index < -0.39 is 18.3 Å².